The Morgan fingerprint density at radius 1 is 1.29 bits per heavy atom. The van der Waals surface area contributed by atoms with E-state index in [4.69, 9.17) is 5.11 Å². The third kappa shape index (κ3) is 4.70. The van der Waals surface area contributed by atoms with Crippen molar-refractivity contribution in [3.63, 3.8) is 0 Å². The van der Waals surface area contributed by atoms with Gasteiger partial charge in [0.2, 0.25) is 0 Å². The first-order valence-electron chi connectivity index (χ1n) is 8.10. The number of hydrogen-bond donors (Lipinski definition) is 3. The lowest BCUT2D eigenvalue weighted by Gasteiger charge is -2.42. The van der Waals surface area contributed by atoms with Gasteiger partial charge < -0.3 is 15.7 Å². The number of anilines is 1. The monoisotopic (exact) mass is 397 g/mol. The maximum absolute atomic E-state index is 12.2. The van der Waals surface area contributed by atoms with Crippen molar-refractivity contribution in [2.45, 2.75) is 45.7 Å². The number of aryl methyl sites for hydroxylation is 2. The number of amides is 2. The fourth-order valence-corrected chi connectivity index (χ4v) is 3.81. The third-order valence-corrected chi connectivity index (χ3v) is 4.90. The molecule has 6 nitrogen and oxygen atoms in total. The standard InChI is InChI=1S/C17H24BrN3O3/c1-4-21(9-15(22)23)14-7-13(8-14)19-17(24)20-16-10(2)5-12(18)6-11(16)3/h5-6,13-14H,4,7-9H2,1-3H3,(H,22,23)(H2,19,20,24). The zero-order chi connectivity index (χ0) is 17.9. The second-order valence-corrected chi connectivity index (χ2v) is 7.21. The molecule has 0 saturated heterocycles. The molecule has 1 aliphatic rings. The van der Waals surface area contributed by atoms with Gasteiger partial charge in [-0.1, -0.05) is 22.9 Å². The normalized spacial score (nSPS) is 19.7. The largest absolute Gasteiger partial charge is 0.480 e. The van der Waals surface area contributed by atoms with Crippen molar-refractivity contribution >= 4 is 33.6 Å². The average molecular weight is 398 g/mol. The van der Waals surface area contributed by atoms with Crippen molar-refractivity contribution in [1.82, 2.24) is 10.2 Å². The molecule has 1 aliphatic carbocycles. The summed E-state index contributed by atoms with van der Waals surface area (Å²) in [5.74, 6) is -0.813. The molecule has 0 atom stereocenters. The van der Waals surface area contributed by atoms with E-state index in [1.165, 1.54) is 0 Å². The first kappa shape index (κ1) is 18.7. The van der Waals surface area contributed by atoms with Crippen molar-refractivity contribution in [1.29, 1.82) is 0 Å². The Bertz CT molecular complexity index is 607. The van der Waals surface area contributed by atoms with Crippen LogP contribution in [0.1, 0.15) is 30.9 Å². The smallest absolute Gasteiger partial charge is 0.319 e. The molecule has 132 valence electrons. The second-order valence-electron chi connectivity index (χ2n) is 6.29. The molecule has 0 radical (unpaired) electrons. The maximum atomic E-state index is 12.2. The second kappa shape index (κ2) is 7.98. The number of likely N-dealkylation sites (N-methyl/N-ethyl adjacent to an activating group) is 1. The number of nitrogens with zero attached hydrogens (tertiary/aromatic N) is 1. The van der Waals surface area contributed by atoms with Crippen molar-refractivity contribution in [2.75, 3.05) is 18.4 Å². The minimum atomic E-state index is -0.813. The van der Waals surface area contributed by atoms with Gasteiger partial charge in [0.05, 0.1) is 6.54 Å². The predicted molar refractivity (Wildman–Crippen MR) is 97.5 cm³/mol. The molecule has 0 spiro atoms. The molecule has 24 heavy (non-hydrogen) atoms. The highest BCUT2D eigenvalue weighted by atomic mass is 79.9. The van der Waals surface area contributed by atoms with Gasteiger partial charge in [0.15, 0.2) is 0 Å². The Hall–Kier alpha value is -1.60. The lowest BCUT2D eigenvalue weighted by Crippen LogP contribution is -2.55. The minimum Gasteiger partial charge on any atom is -0.480 e. The van der Waals surface area contributed by atoms with Crippen molar-refractivity contribution in [3.05, 3.63) is 27.7 Å². The maximum Gasteiger partial charge on any atom is 0.319 e. The van der Waals surface area contributed by atoms with Crippen LogP contribution in [0, 0.1) is 13.8 Å². The molecule has 0 bridgehead atoms. The van der Waals surface area contributed by atoms with E-state index < -0.39 is 5.97 Å². The fourth-order valence-electron chi connectivity index (χ4n) is 3.12. The summed E-state index contributed by atoms with van der Waals surface area (Å²) < 4.78 is 0.989. The number of urea groups is 1. The summed E-state index contributed by atoms with van der Waals surface area (Å²) in [6.45, 7) is 6.62. The van der Waals surface area contributed by atoms with Gasteiger partial charge in [-0.15, -0.1) is 0 Å². The van der Waals surface area contributed by atoms with Crippen LogP contribution in [0.15, 0.2) is 16.6 Å². The first-order valence-corrected chi connectivity index (χ1v) is 8.89. The van der Waals surface area contributed by atoms with Gasteiger partial charge in [-0.3, -0.25) is 9.69 Å². The molecule has 1 saturated carbocycles. The Balaban J connectivity index is 1.84. The van der Waals surface area contributed by atoms with Crippen LogP contribution in [-0.2, 0) is 4.79 Å². The van der Waals surface area contributed by atoms with Crippen LogP contribution >= 0.6 is 15.9 Å². The molecule has 1 aromatic carbocycles. The van der Waals surface area contributed by atoms with E-state index >= 15 is 0 Å². The highest BCUT2D eigenvalue weighted by molar-refractivity contribution is 9.10. The summed E-state index contributed by atoms with van der Waals surface area (Å²) in [7, 11) is 0. The number of carbonyl (C=O) groups excluding carboxylic acids is 1. The van der Waals surface area contributed by atoms with Gasteiger partial charge in [0.1, 0.15) is 0 Å². The quantitative estimate of drug-likeness (QED) is 0.688. The van der Waals surface area contributed by atoms with E-state index in [1.54, 1.807) is 0 Å². The van der Waals surface area contributed by atoms with Crippen LogP contribution < -0.4 is 10.6 Å². The molecule has 2 amide bonds. The molecule has 0 aliphatic heterocycles. The molecule has 3 N–H and O–H groups in total. The number of benzene rings is 1. The van der Waals surface area contributed by atoms with Gasteiger partial charge in [0, 0.05) is 22.2 Å². The summed E-state index contributed by atoms with van der Waals surface area (Å²) in [6, 6.07) is 4.04. The number of carboxylic acids is 1. The van der Waals surface area contributed by atoms with Gasteiger partial charge >= 0.3 is 12.0 Å². The summed E-state index contributed by atoms with van der Waals surface area (Å²) in [6.07, 6.45) is 1.57. The highest BCUT2D eigenvalue weighted by Crippen LogP contribution is 2.27. The Kier molecular flexibility index (Phi) is 6.23. The Morgan fingerprint density at radius 2 is 1.88 bits per heavy atom. The van der Waals surface area contributed by atoms with Crippen LogP contribution in [0.3, 0.4) is 0 Å². The van der Waals surface area contributed by atoms with Gasteiger partial charge in [-0.05, 0) is 56.5 Å². The topological polar surface area (TPSA) is 81.7 Å². The van der Waals surface area contributed by atoms with Crippen LogP contribution in [0.25, 0.3) is 0 Å². The molecule has 0 aromatic heterocycles. The lowest BCUT2D eigenvalue weighted by atomic mass is 9.85. The van der Waals surface area contributed by atoms with E-state index in [1.807, 2.05) is 37.8 Å². The molecule has 0 heterocycles. The van der Waals surface area contributed by atoms with Gasteiger partial charge in [-0.2, -0.15) is 0 Å². The summed E-state index contributed by atoms with van der Waals surface area (Å²) in [5.41, 5.74) is 2.83. The zero-order valence-corrected chi connectivity index (χ0v) is 15.8. The number of carbonyl (C=O) groups is 2. The van der Waals surface area contributed by atoms with E-state index in [0.717, 1.165) is 34.1 Å². The minimum absolute atomic E-state index is 0.0529. The number of aliphatic carboxylic acids is 1. The van der Waals surface area contributed by atoms with Crippen LogP contribution in [-0.4, -0.2) is 47.2 Å². The van der Waals surface area contributed by atoms with Crippen molar-refractivity contribution in [3.8, 4) is 0 Å². The van der Waals surface area contributed by atoms with E-state index in [9.17, 15) is 9.59 Å². The molecular formula is C17H24BrN3O3. The lowest BCUT2D eigenvalue weighted by molar-refractivity contribution is -0.139. The number of rotatable bonds is 6. The van der Waals surface area contributed by atoms with Crippen LogP contribution in [0.4, 0.5) is 10.5 Å². The van der Waals surface area contributed by atoms with Crippen molar-refractivity contribution < 1.29 is 14.7 Å². The van der Waals surface area contributed by atoms with E-state index in [0.29, 0.717) is 6.54 Å². The molecule has 0 unspecified atom stereocenters. The molecule has 1 aromatic rings. The molecule has 2 rings (SSSR count). The predicted octanol–water partition coefficient (Wildman–Crippen LogP) is 3.12. The molecule has 7 heteroatoms. The van der Waals surface area contributed by atoms with Crippen LogP contribution in [0.2, 0.25) is 0 Å². The Labute approximate surface area is 150 Å². The summed E-state index contributed by atoms with van der Waals surface area (Å²) in [5, 5.41) is 14.8. The summed E-state index contributed by atoms with van der Waals surface area (Å²) >= 11 is 3.44. The Morgan fingerprint density at radius 3 is 2.38 bits per heavy atom. The van der Waals surface area contributed by atoms with Crippen molar-refractivity contribution in [2.24, 2.45) is 0 Å². The highest BCUT2D eigenvalue weighted by Gasteiger charge is 2.34. The zero-order valence-electron chi connectivity index (χ0n) is 14.2. The molecular weight excluding hydrogens is 374 g/mol. The molecule has 1 fully saturated rings. The van der Waals surface area contributed by atoms with Gasteiger partial charge in [-0.25, -0.2) is 4.79 Å². The fraction of sp³-hybridized carbons (Fsp3) is 0.529. The van der Waals surface area contributed by atoms with E-state index in [-0.39, 0.29) is 24.7 Å². The third-order valence-electron chi connectivity index (χ3n) is 4.45. The number of carboxylic acid groups (broad SMARTS) is 1. The SMILES string of the molecule is CCN(CC(=O)O)C1CC(NC(=O)Nc2c(C)cc(Br)cc2C)C1. The van der Waals surface area contributed by atoms with E-state index in [2.05, 4.69) is 26.6 Å². The number of hydrogen-bond acceptors (Lipinski definition) is 3. The average Bonchev–Trinajstić information content (AvgIpc) is 2.44. The van der Waals surface area contributed by atoms with Gasteiger partial charge in [0.25, 0.3) is 0 Å². The van der Waals surface area contributed by atoms with Crippen LogP contribution in [0.5, 0.6) is 0 Å². The summed E-state index contributed by atoms with van der Waals surface area (Å²) in [4.78, 5) is 25.0. The number of halogens is 1. The first-order chi connectivity index (χ1) is 11.3. The number of nitrogens with one attached hydrogen (secondary N) is 2.